The van der Waals surface area contributed by atoms with Crippen molar-refractivity contribution < 1.29 is 9.53 Å². The number of hydrogen-bond acceptors (Lipinski definition) is 5. The lowest BCUT2D eigenvalue weighted by Gasteiger charge is -2.22. The number of carbonyl (C=O) groups is 1. The Morgan fingerprint density at radius 2 is 1.87 bits per heavy atom. The van der Waals surface area contributed by atoms with Gasteiger partial charge in [-0.2, -0.15) is 15.0 Å². The van der Waals surface area contributed by atoms with E-state index in [1.165, 1.54) is 22.6 Å². The van der Waals surface area contributed by atoms with Gasteiger partial charge in [-0.05, 0) is 36.2 Å². The van der Waals surface area contributed by atoms with Crippen molar-refractivity contribution in [1.29, 1.82) is 5.26 Å². The quantitative estimate of drug-likeness (QED) is 0.666. The van der Waals surface area contributed by atoms with Crippen molar-refractivity contribution in [3.8, 4) is 17.6 Å². The minimum absolute atomic E-state index is 0.184. The van der Waals surface area contributed by atoms with Crippen molar-refractivity contribution >= 4 is 6.03 Å². The zero-order valence-electron chi connectivity index (χ0n) is 16.6. The first-order valence-corrected chi connectivity index (χ1v) is 9.99. The Bertz CT molecular complexity index is 1040. The average Bonchev–Trinajstić information content (AvgIpc) is 3.14. The highest BCUT2D eigenvalue weighted by Crippen LogP contribution is 2.22. The molecule has 0 aliphatic carbocycles. The van der Waals surface area contributed by atoms with Gasteiger partial charge in [0, 0.05) is 32.7 Å². The first kappa shape index (κ1) is 19.7. The lowest BCUT2D eigenvalue weighted by atomic mass is 10.2. The van der Waals surface area contributed by atoms with Crippen LogP contribution in [0, 0.1) is 11.3 Å². The Labute approximate surface area is 175 Å². The van der Waals surface area contributed by atoms with Crippen LogP contribution in [-0.2, 0) is 6.54 Å². The Balaban J connectivity index is 1.35. The number of amides is 1. The van der Waals surface area contributed by atoms with E-state index in [2.05, 4.69) is 22.1 Å². The summed E-state index contributed by atoms with van der Waals surface area (Å²) in [6.07, 6.45) is 3.77. The van der Waals surface area contributed by atoms with Crippen LogP contribution in [-0.4, -0.2) is 51.8 Å². The second kappa shape index (κ2) is 9.25. The second-order valence-electron chi connectivity index (χ2n) is 7.25. The van der Waals surface area contributed by atoms with Gasteiger partial charge in [-0.3, -0.25) is 4.90 Å². The summed E-state index contributed by atoms with van der Waals surface area (Å²) < 4.78 is 7.19. The first-order valence-electron chi connectivity index (χ1n) is 9.99. The van der Waals surface area contributed by atoms with Crippen molar-refractivity contribution in [3.05, 3.63) is 78.1 Å². The maximum absolute atomic E-state index is 12.6. The largest absolute Gasteiger partial charge is 0.457 e. The van der Waals surface area contributed by atoms with Crippen LogP contribution in [0.2, 0.25) is 0 Å². The molecular formula is C23H23N5O2. The molecule has 1 aromatic heterocycles. The molecule has 2 heterocycles. The highest BCUT2D eigenvalue weighted by atomic mass is 16.5. The van der Waals surface area contributed by atoms with E-state index in [0.29, 0.717) is 18.7 Å². The van der Waals surface area contributed by atoms with Crippen molar-refractivity contribution in [3.63, 3.8) is 0 Å². The summed E-state index contributed by atoms with van der Waals surface area (Å²) in [6.45, 7) is 3.79. The number of nitriles is 1. The molecule has 1 aliphatic heterocycles. The second-order valence-corrected chi connectivity index (χ2v) is 7.25. The van der Waals surface area contributed by atoms with Crippen LogP contribution in [0.25, 0.3) is 0 Å². The van der Waals surface area contributed by atoms with E-state index in [4.69, 9.17) is 10.00 Å². The van der Waals surface area contributed by atoms with Crippen LogP contribution >= 0.6 is 0 Å². The lowest BCUT2D eigenvalue weighted by molar-refractivity contribution is 0.196. The van der Waals surface area contributed by atoms with Crippen molar-refractivity contribution in [2.75, 3.05) is 26.2 Å². The Morgan fingerprint density at radius 1 is 1.03 bits per heavy atom. The summed E-state index contributed by atoms with van der Waals surface area (Å²) in [4.78, 5) is 16.8. The Morgan fingerprint density at radius 3 is 2.67 bits per heavy atom. The van der Waals surface area contributed by atoms with E-state index in [1.54, 1.807) is 4.90 Å². The van der Waals surface area contributed by atoms with E-state index in [0.717, 1.165) is 37.6 Å². The number of ether oxygens (including phenoxy) is 1. The van der Waals surface area contributed by atoms with Gasteiger partial charge < -0.3 is 9.64 Å². The van der Waals surface area contributed by atoms with E-state index in [9.17, 15) is 4.79 Å². The number of aromatic nitrogens is 2. The van der Waals surface area contributed by atoms with Gasteiger partial charge >= 0.3 is 6.03 Å². The molecule has 7 heteroatoms. The van der Waals surface area contributed by atoms with Gasteiger partial charge in [-0.1, -0.05) is 30.3 Å². The van der Waals surface area contributed by atoms with E-state index in [-0.39, 0.29) is 6.03 Å². The molecule has 0 N–H and O–H groups in total. The van der Waals surface area contributed by atoms with Crippen molar-refractivity contribution in [2.24, 2.45) is 0 Å². The van der Waals surface area contributed by atoms with Crippen LogP contribution < -0.4 is 4.74 Å². The minimum atomic E-state index is -0.184. The fraction of sp³-hybridized carbons (Fsp3) is 0.261. The molecule has 0 atom stereocenters. The Kier molecular flexibility index (Phi) is 6.06. The predicted octanol–water partition coefficient (Wildman–Crippen LogP) is 3.72. The fourth-order valence-electron chi connectivity index (χ4n) is 3.54. The third kappa shape index (κ3) is 4.85. The molecule has 0 saturated carbocycles. The van der Waals surface area contributed by atoms with E-state index in [1.807, 2.05) is 48.5 Å². The lowest BCUT2D eigenvalue weighted by Crippen LogP contribution is -2.38. The molecule has 152 valence electrons. The van der Waals surface area contributed by atoms with Gasteiger partial charge in [0.1, 0.15) is 17.6 Å². The molecule has 1 fully saturated rings. The number of para-hydroxylation sites is 1. The van der Waals surface area contributed by atoms with Crippen LogP contribution in [0.4, 0.5) is 4.79 Å². The highest BCUT2D eigenvalue weighted by molar-refractivity contribution is 5.76. The molecule has 0 unspecified atom stereocenters. The number of hydrogen-bond donors (Lipinski definition) is 0. The monoisotopic (exact) mass is 401 g/mol. The summed E-state index contributed by atoms with van der Waals surface area (Å²) in [5.74, 6) is 1.63. The number of rotatable bonds is 4. The van der Waals surface area contributed by atoms with Gasteiger partial charge in [0.15, 0.2) is 0 Å². The van der Waals surface area contributed by atoms with Crippen LogP contribution in [0.5, 0.6) is 11.5 Å². The van der Waals surface area contributed by atoms with E-state index >= 15 is 0 Å². The number of nitrogens with zero attached hydrogens (tertiary/aromatic N) is 5. The summed E-state index contributed by atoms with van der Waals surface area (Å²) in [5, 5.41) is 12.9. The van der Waals surface area contributed by atoms with Gasteiger partial charge in [0.05, 0.1) is 18.0 Å². The zero-order valence-corrected chi connectivity index (χ0v) is 16.6. The molecule has 0 bridgehead atoms. The normalized spacial score (nSPS) is 14.7. The van der Waals surface area contributed by atoms with Crippen LogP contribution in [0.1, 0.15) is 17.5 Å². The molecule has 7 nitrogen and oxygen atoms in total. The zero-order chi connectivity index (χ0) is 20.8. The standard InChI is InChI=1S/C23H23N5O2/c24-15-20-16-25-28(18-20)23(29)27-11-5-10-26(12-13-27)17-19-6-4-9-22(14-19)30-21-7-2-1-3-8-21/h1-4,6-9,14,16,18H,5,10-13,17H2. The minimum Gasteiger partial charge on any atom is -0.457 e. The van der Waals surface area contributed by atoms with Crippen molar-refractivity contribution in [2.45, 2.75) is 13.0 Å². The number of benzene rings is 2. The maximum Gasteiger partial charge on any atom is 0.344 e. The smallest absolute Gasteiger partial charge is 0.344 e. The molecule has 1 saturated heterocycles. The fourth-order valence-corrected chi connectivity index (χ4v) is 3.54. The third-order valence-electron chi connectivity index (χ3n) is 5.05. The summed E-state index contributed by atoms with van der Waals surface area (Å²) in [5.41, 5.74) is 1.56. The predicted molar refractivity (Wildman–Crippen MR) is 112 cm³/mol. The van der Waals surface area contributed by atoms with Crippen LogP contribution in [0.15, 0.2) is 67.0 Å². The molecule has 0 radical (unpaired) electrons. The molecule has 0 spiro atoms. The van der Waals surface area contributed by atoms with Gasteiger partial charge in [-0.15, -0.1) is 0 Å². The van der Waals surface area contributed by atoms with Crippen LogP contribution in [0.3, 0.4) is 0 Å². The molecular weight excluding hydrogens is 378 g/mol. The molecule has 1 aliphatic rings. The topological polar surface area (TPSA) is 74.4 Å². The maximum atomic E-state index is 12.6. The van der Waals surface area contributed by atoms with E-state index < -0.39 is 0 Å². The molecule has 30 heavy (non-hydrogen) atoms. The summed E-state index contributed by atoms with van der Waals surface area (Å²) in [6, 6.07) is 19.7. The summed E-state index contributed by atoms with van der Waals surface area (Å²) in [7, 11) is 0. The van der Waals surface area contributed by atoms with Crippen molar-refractivity contribution in [1.82, 2.24) is 19.6 Å². The first-order chi connectivity index (χ1) is 14.7. The molecule has 3 aromatic rings. The number of carbonyl (C=O) groups excluding carboxylic acids is 1. The summed E-state index contributed by atoms with van der Waals surface area (Å²) >= 11 is 0. The third-order valence-corrected chi connectivity index (χ3v) is 5.05. The highest BCUT2D eigenvalue weighted by Gasteiger charge is 2.21. The molecule has 4 rings (SSSR count). The van der Waals surface area contributed by atoms with Gasteiger partial charge in [0.2, 0.25) is 0 Å². The molecule has 1 amide bonds. The Hall–Kier alpha value is -3.63. The molecule has 2 aromatic carbocycles. The average molecular weight is 401 g/mol. The van der Waals surface area contributed by atoms with Gasteiger partial charge in [0.25, 0.3) is 0 Å². The van der Waals surface area contributed by atoms with Gasteiger partial charge in [-0.25, -0.2) is 4.79 Å². The SMILES string of the molecule is N#Cc1cnn(C(=O)N2CCCN(Cc3cccc(Oc4ccccc4)c3)CC2)c1.